The van der Waals surface area contributed by atoms with Gasteiger partial charge in [0.05, 0.1) is 12.7 Å². The number of benzene rings is 2. The van der Waals surface area contributed by atoms with Gasteiger partial charge in [0.2, 0.25) is 0 Å². The van der Waals surface area contributed by atoms with Crippen LogP contribution in [0.15, 0.2) is 42.5 Å². The lowest BCUT2D eigenvalue weighted by atomic mass is 9.98. The van der Waals surface area contributed by atoms with Crippen molar-refractivity contribution in [3.8, 4) is 11.5 Å². The molecule has 0 saturated carbocycles. The third-order valence-electron chi connectivity index (χ3n) is 5.42. The Morgan fingerprint density at radius 1 is 1.00 bits per heavy atom. The SMILES string of the molecule is CCCCCCOC(CC)(NCC(O)c1ccc(O)c(CO)c1)c1ccc(O)cc1. The maximum Gasteiger partial charge on any atom is 0.145 e. The molecule has 0 heterocycles. The highest BCUT2D eigenvalue weighted by atomic mass is 16.5. The normalized spacial score (nSPS) is 14.4. The summed E-state index contributed by atoms with van der Waals surface area (Å²) in [7, 11) is 0. The third kappa shape index (κ3) is 6.44. The molecule has 2 rings (SSSR count). The van der Waals surface area contributed by atoms with Gasteiger partial charge in [-0.3, -0.25) is 5.32 Å². The first kappa shape index (κ1) is 24.2. The molecule has 0 aliphatic carbocycles. The van der Waals surface area contributed by atoms with E-state index in [0.717, 1.165) is 24.8 Å². The van der Waals surface area contributed by atoms with Crippen molar-refractivity contribution < 1.29 is 25.2 Å². The van der Waals surface area contributed by atoms with Gasteiger partial charge in [-0.15, -0.1) is 0 Å². The first-order valence-electron chi connectivity index (χ1n) is 10.7. The Morgan fingerprint density at radius 2 is 1.73 bits per heavy atom. The van der Waals surface area contributed by atoms with E-state index in [9.17, 15) is 20.4 Å². The molecular weight excluding hydrogens is 382 g/mol. The van der Waals surface area contributed by atoms with E-state index in [1.54, 1.807) is 24.3 Å². The minimum atomic E-state index is -0.845. The smallest absolute Gasteiger partial charge is 0.145 e. The monoisotopic (exact) mass is 417 g/mol. The summed E-state index contributed by atoms with van der Waals surface area (Å²) in [4.78, 5) is 0. The van der Waals surface area contributed by atoms with Crippen LogP contribution in [0.3, 0.4) is 0 Å². The van der Waals surface area contributed by atoms with Crippen LogP contribution in [0.2, 0.25) is 0 Å². The number of phenols is 2. The summed E-state index contributed by atoms with van der Waals surface area (Å²) >= 11 is 0. The van der Waals surface area contributed by atoms with Crippen LogP contribution in [0.25, 0.3) is 0 Å². The van der Waals surface area contributed by atoms with E-state index in [1.165, 1.54) is 12.5 Å². The molecule has 0 aliphatic rings. The van der Waals surface area contributed by atoms with E-state index in [-0.39, 0.29) is 24.7 Å². The van der Waals surface area contributed by atoms with Crippen LogP contribution in [0.5, 0.6) is 11.5 Å². The molecule has 30 heavy (non-hydrogen) atoms. The fraction of sp³-hybridized carbons (Fsp3) is 0.500. The van der Waals surface area contributed by atoms with Crippen molar-refractivity contribution in [2.24, 2.45) is 0 Å². The molecule has 0 fully saturated rings. The standard InChI is InChI=1S/C24H35NO5/c1-3-5-6-7-14-30-24(4-2,20-9-11-21(27)12-10-20)25-16-23(29)18-8-13-22(28)19(15-18)17-26/h8-13,15,23,25-29H,3-7,14,16-17H2,1-2H3. The van der Waals surface area contributed by atoms with Gasteiger partial charge in [0.15, 0.2) is 0 Å². The van der Waals surface area contributed by atoms with Crippen molar-refractivity contribution in [2.75, 3.05) is 13.2 Å². The molecule has 0 aromatic heterocycles. The minimum Gasteiger partial charge on any atom is -0.508 e. The van der Waals surface area contributed by atoms with Crippen LogP contribution >= 0.6 is 0 Å². The fourth-order valence-electron chi connectivity index (χ4n) is 3.49. The van der Waals surface area contributed by atoms with Crippen LogP contribution in [0.4, 0.5) is 0 Å². The molecule has 0 spiro atoms. The molecule has 0 saturated heterocycles. The Balaban J connectivity index is 2.15. The van der Waals surface area contributed by atoms with Crippen molar-refractivity contribution in [3.05, 3.63) is 59.2 Å². The number of hydrogen-bond acceptors (Lipinski definition) is 6. The van der Waals surface area contributed by atoms with E-state index >= 15 is 0 Å². The third-order valence-corrected chi connectivity index (χ3v) is 5.42. The van der Waals surface area contributed by atoms with Crippen molar-refractivity contribution >= 4 is 0 Å². The van der Waals surface area contributed by atoms with Gasteiger partial charge in [-0.25, -0.2) is 0 Å². The first-order chi connectivity index (χ1) is 14.5. The van der Waals surface area contributed by atoms with E-state index < -0.39 is 11.8 Å². The number of unbranched alkanes of at least 4 members (excludes halogenated alkanes) is 3. The van der Waals surface area contributed by atoms with Gasteiger partial charge >= 0.3 is 0 Å². The van der Waals surface area contributed by atoms with Crippen LogP contribution < -0.4 is 5.32 Å². The Morgan fingerprint density at radius 3 is 2.37 bits per heavy atom. The van der Waals surface area contributed by atoms with E-state index in [4.69, 9.17) is 4.74 Å². The number of phenolic OH excluding ortho intramolecular Hbond substituents is 1. The molecule has 0 aliphatic heterocycles. The highest BCUT2D eigenvalue weighted by Gasteiger charge is 2.31. The molecule has 6 heteroatoms. The van der Waals surface area contributed by atoms with Crippen molar-refractivity contribution in [3.63, 3.8) is 0 Å². The summed E-state index contributed by atoms with van der Waals surface area (Å²) in [6.07, 6.45) is 4.17. The summed E-state index contributed by atoms with van der Waals surface area (Å²) in [6, 6.07) is 11.6. The Labute approximate surface area is 179 Å². The average Bonchev–Trinajstić information content (AvgIpc) is 2.76. The maximum atomic E-state index is 10.7. The van der Waals surface area contributed by atoms with Crippen molar-refractivity contribution in [1.82, 2.24) is 5.32 Å². The second-order valence-electron chi connectivity index (χ2n) is 7.58. The first-order valence-corrected chi connectivity index (χ1v) is 10.7. The maximum absolute atomic E-state index is 10.7. The number of hydrogen-bond donors (Lipinski definition) is 5. The van der Waals surface area contributed by atoms with Gasteiger partial charge in [-0.05, 0) is 48.2 Å². The number of aliphatic hydroxyl groups is 2. The molecule has 0 bridgehead atoms. The molecule has 166 valence electrons. The Bertz CT molecular complexity index is 765. The average molecular weight is 418 g/mol. The van der Waals surface area contributed by atoms with Gasteiger partial charge in [0, 0.05) is 18.7 Å². The quantitative estimate of drug-likeness (QED) is 0.249. The van der Waals surface area contributed by atoms with E-state index in [2.05, 4.69) is 12.2 Å². The van der Waals surface area contributed by atoms with Crippen LogP contribution in [0.1, 0.15) is 68.7 Å². The predicted molar refractivity (Wildman–Crippen MR) is 117 cm³/mol. The molecule has 0 amide bonds. The molecule has 2 atom stereocenters. The van der Waals surface area contributed by atoms with E-state index in [0.29, 0.717) is 24.2 Å². The van der Waals surface area contributed by atoms with Crippen LogP contribution in [-0.4, -0.2) is 33.6 Å². The minimum absolute atomic E-state index is 0.00354. The number of aliphatic hydroxyl groups excluding tert-OH is 2. The summed E-state index contributed by atoms with van der Waals surface area (Å²) in [5.41, 5.74) is 1.06. The van der Waals surface area contributed by atoms with Gasteiger partial charge in [0.1, 0.15) is 17.2 Å². The van der Waals surface area contributed by atoms with Crippen LogP contribution in [-0.2, 0) is 17.1 Å². The molecule has 2 unspecified atom stereocenters. The molecule has 2 aromatic carbocycles. The lowest BCUT2D eigenvalue weighted by molar-refractivity contribution is -0.0868. The van der Waals surface area contributed by atoms with Gasteiger partial charge in [0.25, 0.3) is 0 Å². The second-order valence-corrected chi connectivity index (χ2v) is 7.58. The number of aromatic hydroxyl groups is 2. The van der Waals surface area contributed by atoms with E-state index in [1.807, 2.05) is 19.1 Å². The van der Waals surface area contributed by atoms with Gasteiger partial charge in [-0.2, -0.15) is 0 Å². The molecular formula is C24H35NO5. The lowest BCUT2D eigenvalue weighted by Gasteiger charge is -2.35. The summed E-state index contributed by atoms with van der Waals surface area (Å²) in [5.74, 6) is 0.191. The highest BCUT2D eigenvalue weighted by Crippen LogP contribution is 2.30. The summed E-state index contributed by atoms with van der Waals surface area (Å²) < 4.78 is 6.32. The number of nitrogens with one attached hydrogen (secondary N) is 1. The molecule has 6 nitrogen and oxygen atoms in total. The van der Waals surface area contributed by atoms with Crippen LogP contribution in [0, 0.1) is 0 Å². The predicted octanol–water partition coefficient (Wildman–Crippen LogP) is 4.07. The van der Waals surface area contributed by atoms with Crippen molar-refractivity contribution in [2.45, 2.75) is 64.4 Å². The topological polar surface area (TPSA) is 102 Å². The number of ether oxygens (including phenoxy) is 1. The number of rotatable bonds is 13. The zero-order valence-corrected chi connectivity index (χ0v) is 18.0. The second kappa shape index (κ2) is 11.9. The summed E-state index contributed by atoms with van der Waals surface area (Å²) in [5, 5.41) is 42.8. The molecule has 5 N–H and O–H groups in total. The zero-order chi connectivity index (χ0) is 22.0. The Hall–Kier alpha value is -2.12. The van der Waals surface area contributed by atoms with Crippen molar-refractivity contribution in [1.29, 1.82) is 0 Å². The van der Waals surface area contributed by atoms with Gasteiger partial charge in [-0.1, -0.05) is 51.3 Å². The fourth-order valence-corrected chi connectivity index (χ4v) is 3.49. The Kier molecular flexibility index (Phi) is 9.59. The largest absolute Gasteiger partial charge is 0.508 e. The lowest BCUT2D eigenvalue weighted by Crippen LogP contribution is -2.46. The van der Waals surface area contributed by atoms with Gasteiger partial charge < -0.3 is 25.2 Å². The molecule has 0 radical (unpaired) electrons. The zero-order valence-electron chi connectivity index (χ0n) is 18.0. The summed E-state index contributed by atoms with van der Waals surface area (Å²) in [6.45, 7) is 4.70. The highest BCUT2D eigenvalue weighted by molar-refractivity contribution is 5.36. The molecule has 2 aromatic rings.